The highest BCUT2D eigenvalue weighted by molar-refractivity contribution is 5.96. The van der Waals surface area contributed by atoms with Gasteiger partial charge in [-0.25, -0.2) is 4.39 Å². The number of hydrogen-bond acceptors (Lipinski definition) is 1. The largest absolute Gasteiger partial charge is 0.309 e. The molecule has 0 radical (unpaired) electrons. The van der Waals surface area contributed by atoms with Gasteiger partial charge >= 0.3 is 0 Å². The van der Waals surface area contributed by atoms with Crippen molar-refractivity contribution in [1.82, 2.24) is 0 Å². The van der Waals surface area contributed by atoms with Gasteiger partial charge in [-0.2, -0.15) is 0 Å². The second-order valence-electron chi connectivity index (χ2n) is 5.68. The second-order valence-corrected chi connectivity index (χ2v) is 5.68. The number of benzene rings is 1. The molecule has 1 aromatic carbocycles. The van der Waals surface area contributed by atoms with Crippen LogP contribution >= 0.6 is 0 Å². The Labute approximate surface area is 113 Å². The molecule has 0 unspecified atom stereocenters. The Kier molecular flexibility index (Phi) is 3.54. The molecule has 1 amide bonds. The average Bonchev–Trinajstić information content (AvgIpc) is 2.47. The monoisotopic (exact) mass is 261 g/mol. The lowest BCUT2D eigenvalue weighted by molar-refractivity contribution is -0.123. The van der Waals surface area contributed by atoms with Crippen LogP contribution in [-0.2, 0) is 11.2 Å². The zero-order chi connectivity index (χ0) is 13.2. The number of nitrogens with zero attached hydrogens (tertiary/aromatic N) is 1. The third kappa shape index (κ3) is 2.38. The van der Waals surface area contributed by atoms with Crippen LogP contribution in [0, 0.1) is 11.7 Å². The fourth-order valence-electron chi connectivity index (χ4n) is 3.39. The predicted molar refractivity (Wildman–Crippen MR) is 73.6 cm³/mol. The van der Waals surface area contributed by atoms with Crippen LogP contribution in [0.25, 0.3) is 0 Å². The van der Waals surface area contributed by atoms with Crippen LogP contribution in [0.1, 0.15) is 44.1 Å². The Bertz CT molecular complexity index is 480. The van der Waals surface area contributed by atoms with Crippen LogP contribution in [0.2, 0.25) is 0 Å². The number of anilines is 1. The highest BCUT2D eigenvalue weighted by Crippen LogP contribution is 2.33. The second kappa shape index (κ2) is 5.32. The zero-order valence-corrected chi connectivity index (χ0v) is 11.2. The number of carbonyl (C=O) groups is 1. The van der Waals surface area contributed by atoms with Crippen molar-refractivity contribution in [2.75, 3.05) is 11.4 Å². The van der Waals surface area contributed by atoms with Gasteiger partial charge in [0.1, 0.15) is 5.82 Å². The van der Waals surface area contributed by atoms with Crippen molar-refractivity contribution < 1.29 is 9.18 Å². The fourth-order valence-corrected chi connectivity index (χ4v) is 3.39. The first kappa shape index (κ1) is 12.6. The van der Waals surface area contributed by atoms with E-state index in [2.05, 4.69) is 0 Å². The maximum absolute atomic E-state index is 14.1. The topological polar surface area (TPSA) is 20.3 Å². The van der Waals surface area contributed by atoms with Crippen molar-refractivity contribution in [2.45, 2.75) is 44.9 Å². The van der Waals surface area contributed by atoms with Crippen molar-refractivity contribution in [3.8, 4) is 0 Å². The lowest BCUT2D eigenvalue weighted by atomic mass is 9.87. The molecule has 0 bridgehead atoms. The number of halogens is 1. The van der Waals surface area contributed by atoms with Crippen molar-refractivity contribution in [3.63, 3.8) is 0 Å². The Balaban J connectivity index is 1.88. The van der Waals surface area contributed by atoms with E-state index < -0.39 is 0 Å². The predicted octanol–water partition coefficient (Wildman–Crippen LogP) is 3.69. The molecule has 1 aliphatic heterocycles. The zero-order valence-electron chi connectivity index (χ0n) is 11.2. The van der Waals surface area contributed by atoms with Gasteiger partial charge in [0.2, 0.25) is 5.91 Å². The number of aryl methyl sites for hydroxylation is 1. The molecule has 1 aliphatic carbocycles. The summed E-state index contributed by atoms with van der Waals surface area (Å²) in [6.45, 7) is 0.670. The number of amides is 1. The quantitative estimate of drug-likeness (QED) is 0.755. The number of fused-ring (bicyclic) bond motifs is 1. The summed E-state index contributed by atoms with van der Waals surface area (Å²) >= 11 is 0. The Morgan fingerprint density at radius 2 is 1.95 bits per heavy atom. The van der Waals surface area contributed by atoms with Gasteiger partial charge < -0.3 is 4.90 Å². The molecule has 0 spiro atoms. The summed E-state index contributed by atoms with van der Waals surface area (Å²) in [5.41, 5.74) is 1.53. The molecule has 0 N–H and O–H groups in total. The maximum Gasteiger partial charge on any atom is 0.230 e. The van der Waals surface area contributed by atoms with E-state index in [0.29, 0.717) is 12.2 Å². The maximum atomic E-state index is 14.1. The van der Waals surface area contributed by atoms with Gasteiger partial charge in [0.15, 0.2) is 0 Å². The van der Waals surface area contributed by atoms with Crippen LogP contribution in [0.5, 0.6) is 0 Å². The van der Waals surface area contributed by atoms with Gasteiger partial charge in [-0.05, 0) is 37.3 Å². The van der Waals surface area contributed by atoms with E-state index in [1.807, 2.05) is 6.07 Å². The molecule has 0 aromatic heterocycles. The highest BCUT2D eigenvalue weighted by atomic mass is 19.1. The third-order valence-electron chi connectivity index (χ3n) is 4.39. The SMILES string of the molecule is O=C(C1CCCCC1)N1CCCc2cccc(F)c21. The molecule has 102 valence electrons. The summed E-state index contributed by atoms with van der Waals surface area (Å²) in [6, 6.07) is 5.15. The highest BCUT2D eigenvalue weighted by Gasteiger charge is 2.31. The molecular weight excluding hydrogens is 241 g/mol. The van der Waals surface area contributed by atoms with E-state index in [1.165, 1.54) is 12.5 Å². The summed E-state index contributed by atoms with van der Waals surface area (Å²) < 4.78 is 14.1. The normalized spacial score (nSPS) is 20.2. The molecule has 19 heavy (non-hydrogen) atoms. The first-order valence-corrected chi connectivity index (χ1v) is 7.36. The van der Waals surface area contributed by atoms with Crippen LogP contribution < -0.4 is 4.90 Å². The third-order valence-corrected chi connectivity index (χ3v) is 4.39. The average molecular weight is 261 g/mol. The Morgan fingerprint density at radius 1 is 1.16 bits per heavy atom. The summed E-state index contributed by atoms with van der Waals surface area (Å²) in [7, 11) is 0. The first-order chi connectivity index (χ1) is 9.27. The Morgan fingerprint density at radius 3 is 2.74 bits per heavy atom. The molecule has 1 saturated carbocycles. The summed E-state index contributed by atoms with van der Waals surface area (Å²) in [4.78, 5) is 14.3. The van der Waals surface area contributed by atoms with E-state index in [1.54, 1.807) is 11.0 Å². The lowest BCUT2D eigenvalue weighted by Gasteiger charge is -2.33. The standard InChI is InChI=1S/C16H20FNO/c17-14-10-4-8-12-9-5-11-18(15(12)14)16(19)13-6-2-1-3-7-13/h4,8,10,13H,1-3,5-7,9,11H2. The van der Waals surface area contributed by atoms with E-state index in [0.717, 1.165) is 44.1 Å². The molecule has 3 rings (SSSR count). The van der Waals surface area contributed by atoms with Crippen molar-refractivity contribution in [1.29, 1.82) is 0 Å². The smallest absolute Gasteiger partial charge is 0.230 e. The molecule has 0 saturated heterocycles. The van der Waals surface area contributed by atoms with E-state index in [-0.39, 0.29) is 17.6 Å². The fraction of sp³-hybridized carbons (Fsp3) is 0.562. The summed E-state index contributed by atoms with van der Waals surface area (Å²) in [6.07, 6.45) is 7.26. The van der Waals surface area contributed by atoms with E-state index in [9.17, 15) is 9.18 Å². The van der Waals surface area contributed by atoms with Crippen LogP contribution in [0.15, 0.2) is 18.2 Å². The van der Waals surface area contributed by atoms with E-state index >= 15 is 0 Å². The molecule has 1 heterocycles. The summed E-state index contributed by atoms with van der Waals surface area (Å²) in [5, 5.41) is 0. The van der Waals surface area contributed by atoms with Gasteiger partial charge in [-0.3, -0.25) is 4.79 Å². The van der Waals surface area contributed by atoms with Crippen molar-refractivity contribution in [2.24, 2.45) is 5.92 Å². The Hall–Kier alpha value is -1.38. The molecule has 2 aliphatic rings. The van der Waals surface area contributed by atoms with Gasteiger partial charge in [-0.1, -0.05) is 31.4 Å². The van der Waals surface area contributed by atoms with Gasteiger partial charge in [-0.15, -0.1) is 0 Å². The molecule has 0 atom stereocenters. The minimum atomic E-state index is -0.249. The number of rotatable bonds is 1. The first-order valence-electron chi connectivity index (χ1n) is 7.36. The van der Waals surface area contributed by atoms with Crippen LogP contribution in [0.3, 0.4) is 0 Å². The molecule has 3 heteroatoms. The van der Waals surface area contributed by atoms with Gasteiger partial charge in [0.05, 0.1) is 5.69 Å². The number of hydrogen-bond donors (Lipinski definition) is 0. The van der Waals surface area contributed by atoms with Crippen molar-refractivity contribution in [3.05, 3.63) is 29.6 Å². The molecular formula is C16H20FNO. The van der Waals surface area contributed by atoms with Crippen molar-refractivity contribution >= 4 is 11.6 Å². The number of para-hydroxylation sites is 1. The number of carbonyl (C=O) groups excluding carboxylic acids is 1. The van der Waals surface area contributed by atoms with Crippen LogP contribution in [0.4, 0.5) is 10.1 Å². The minimum absolute atomic E-state index is 0.110. The lowest BCUT2D eigenvalue weighted by Crippen LogP contribution is -2.40. The van der Waals surface area contributed by atoms with Crippen LogP contribution in [-0.4, -0.2) is 12.5 Å². The molecule has 1 aromatic rings. The van der Waals surface area contributed by atoms with Gasteiger partial charge in [0.25, 0.3) is 0 Å². The van der Waals surface area contributed by atoms with Gasteiger partial charge in [0, 0.05) is 12.5 Å². The molecule has 2 nitrogen and oxygen atoms in total. The van der Waals surface area contributed by atoms with E-state index in [4.69, 9.17) is 0 Å². The summed E-state index contributed by atoms with van der Waals surface area (Å²) in [5.74, 6) is 0.00594. The minimum Gasteiger partial charge on any atom is -0.309 e. The molecule has 1 fully saturated rings.